The minimum absolute atomic E-state index is 0.284. The number of hydrogen-bond donors (Lipinski definition) is 2. The lowest BCUT2D eigenvalue weighted by Crippen LogP contribution is -2.41. The molecule has 2 saturated carbocycles. The summed E-state index contributed by atoms with van der Waals surface area (Å²) >= 11 is 0. The summed E-state index contributed by atoms with van der Waals surface area (Å²) in [5, 5.41) is 12.3. The van der Waals surface area contributed by atoms with Gasteiger partial charge in [0.05, 0.1) is 6.61 Å². The summed E-state index contributed by atoms with van der Waals surface area (Å²) in [4.78, 5) is 0. The van der Waals surface area contributed by atoms with Gasteiger partial charge in [-0.1, -0.05) is 19.3 Å². The van der Waals surface area contributed by atoms with Gasteiger partial charge in [-0.25, -0.2) is 0 Å². The molecule has 0 aromatic rings. The predicted molar refractivity (Wildman–Crippen MR) is 53.6 cm³/mol. The Morgan fingerprint density at radius 1 is 1.15 bits per heavy atom. The first-order chi connectivity index (χ1) is 6.37. The first-order valence-electron chi connectivity index (χ1n) is 5.72. The van der Waals surface area contributed by atoms with E-state index in [9.17, 15) is 0 Å². The van der Waals surface area contributed by atoms with Crippen LogP contribution in [-0.4, -0.2) is 24.3 Å². The van der Waals surface area contributed by atoms with Gasteiger partial charge >= 0.3 is 0 Å². The molecule has 0 aromatic carbocycles. The predicted octanol–water partition coefficient (Wildman–Crippen LogP) is 1.68. The number of rotatable bonds is 3. The molecule has 2 aliphatic rings. The summed E-state index contributed by atoms with van der Waals surface area (Å²) in [5.74, 6) is 0. The molecule has 2 heteroatoms. The Bertz CT molecular complexity index is 158. The molecule has 0 radical (unpaired) electrons. The van der Waals surface area contributed by atoms with E-state index >= 15 is 0 Å². The minimum Gasteiger partial charge on any atom is -0.395 e. The average molecular weight is 183 g/mol. The van der Waals surface area contributed by atoms with E-state index in [4.69, 9.17) is 5.11 Å². The van der Waals surface area contributed by atoms with Crippen LogP contribution in [0, 0.1) is 5.41 Å². The molecule has 2 aliphatic carbocycles. The number of aliphatic hydroxyl groups excluding tert-OH is 1. The Hall–Kier alpha value is -0.0800. The summed E-state index contributed by atoms with van der Waals surface area (Å²) in [7, 11) is 0. The third-order valence-electron chi connectivity index (χ3n) is 4.01. The van der Waals surface area contributed by atoms with E-state index in [-0.39, 0.29) is 6.61 Å². The molecular formula is C11H21NO. The zero-order valence-electron chi connectivity index (χ0n) is 8.39. The molecule has 0 bridgehead atoms. The van der Waals surface area contributed by atoms with E-state index in [2.05, 4.69) is 5.32 Å². The minimum atomic E-state index is 0.284. The summed E-state index contributed by atoms with van der Waals surface area (Å²) in [6.45, 7) is 1.07. The lowest BCUT2D eigenvalue weighted by atomic mass is 9.81. The van der Waals surface area contributed by atoms with Gasteiger partial charge in [-0.05, 0) is 31.1 Å². The second-order valence-corrected chi connectivity index (χ2v) is 4.69. The smallest absolute Gasteiger partial charge is 0.0556 e. The van der Waals surface area contributed by atoms with Crippen LogP contribution >= 0.6 is 0 Å². The maximum Gasteiger partial charge on any atom is 0.0556 e. The van der Waals surface area contributed by atoms with E-state index in [0.29, 0.717) is 11.5 Å². The van der Waals surface area contributed by atoms with Gasteiger partial charge in [-0.3, -0.25) is 0 Å². The molecule has 0 saturated heterocycles. The van der Waals surface area contributed by atoms with Crippen molar-refractivity contribution in [3.63, 3.8) is 0 Å². The van der Waals surface area contributed by atoms with Crippen molar-refractivity contribution in [3.05, 3.63) is 0 Å². The lowest BCUT2D eigenvalue weighted by molar-refractivity contribution is 0.212. The highest BCUT2D eigenvalue weighted by Gasteiger charge is 2.43. The maximum atomic E-state index is 8.80. The summed E-state index contributed by atoms with van der Waals surface area (Å²) in [6.07, 6.45) is 9.86. The van der Waals surface area contributed by atoms with Crippen LogP contribution in [0.5, 0.6) is 0 Å². The quantitative estimate of drug-likeness (QED) is 0.697. The van der Waals surface area contributed by atoms with Crippen molar-refractivity contribution in [2.24, 2.45) is 5.41 Å². The molecule has 2 rings (SSSR count). The lowest BCUT2D eigenvalue weighted by Gasteiger charge is -2.31. The Kier molecular flexibility index (Phi) is 2.89. The van der Waals surface area contributed by atoms with E-state index in [1.807, 2.05) is 0 Å². The molecule has 2 nitrogen and oxygen atoms in total. The largest absolute Gasteiger partial charge is 0.395 e. The molecule has 13 heavy (non-hydrogen) atoms. The van der Waals surface area contributed by atoms with Gasteiger partial charge in [-0.15, -0.1) is 0 Å². The molecule has 1 unspecified atom stereocenters. The van der Waals surface area contributed by atoms with Gasteiger partial charge in [0.15, 0.2) is 0 Å². The van der Waals surface area contributed by atoms with Crippen LogP contribution in [0.25, 0.3) is 0 Å². The standard InChI is InChI=1S/C11H21NO/c13-9-8-12-10-4-3-7-11(10)5-1-2-6-11/h10,12-13H,1-9H2. The van der Waals surface area contributed by atoms with Crippen LogP contribution in [0.15, 0.2) is 0 Å². The summed E-state index contributed by atoms with van der Waals surface area (Å²) in [6, 6.07) is 0.710. The number of nitrogens with one attached hydrogen (secondary N) is 1. The molecule has 0 aliphatic heterocycles. The van der Waals surface area contributed by atoms with Crippen LogP contribution in [0.2, 0.25) is 0 Å². The van der Waals surface area contributed by atoms with E-state index in [1.54, 1.807) is 0 Å². The number of hydrogen-bond acceptors (Lipinski definition) is 2. The fourth-order valence-corrected chi connectivity index (χ4v) is 3.37. The Balaban J connectivity index is 1.93. The molecule has 1 atom stereocenters. The van der Waals surface area contributed by atoms with Gasteiger partial charge in [0, 0.05) is 12.6 Å². The third-order valence-corrected chi connectivity index (χ3v) is 4.01. The Morgan fingerprint density at radius 2 is 1.85 bits per heavy atom. The SMILES string of the molecule is OCCNC1CCCC12CCCC2. The highest BCUT2D eigenvalue weighted by Crippen LogP contribution is 2.50. The van der Waals surface area contributed by atoms with Crippen LogP contribution < -0.4 is 5.32 Å². The van der Waals surface area contributed by atoms with Gasteiger partial charge in [-0.2, -0.15) is 0 Å². The second-order valence-electron chi connectivity index (χ2n) is 4.69. The monoisotopic (exact) mass is 183 g/mol. The normalized spacial score (nSPS) is 31.6. The van der Waals surface area contributed by atoms with E-state index in [0.717, 1.165) is 6.54 Å². The molecule has 1 spiro atoms. The van der Waals surface area contributed by atoms with Crippen LogP contribution in [0.1, 0.15) is 44.9 Å². The van der Waals surface area contributed by atoms with Gasteiger partial charge in [0.2, 0.25) is 0 Å². The van der Waals surface area contributed by atoms with Gasteiger partial charge in [0.1, 0.15) is 0 Å². The van der Waals surface area contributed by atoms with Gasteiger partial charge < -0.3 is 10.4 Å². The van der Waals surface area contributed by atoms with Crippen molar-refractivity contribution < 1.29 is 5.11 Å². The van der Waals surface area contributed by atoms with E-state index < -0.39 is 0 Å². The fourth-order valence-electron chi connectivity index (χ4n) is 3.37. The molecular weight excluding hydrogens is 162 g/mol. The van der Waals surface area contributed by atoms with Crippen LogP contribution in [0.4, 0.5) is 0 Å². The topological polar surface area (TPSA) is 32.3 Å². The fraction of sp³-hybridized carbons (Fsp3) is 1.00. The highest BCUT2D eigenvalue weighted by atomic mass is 16.3. The van der Waals surface area contributed by atoms with Gasteiger partial charge in [0.25, 0.3) is 0 Å². The Labute approximate surface area is 80.7 Å². The van der Waals surface area contributed by atoms with Crippen LogP contribution in [0.3, 0.4) is 0 Å². The first-order valence-corrected chi connectivity index (χ1v) is 5.72. The van der Waals surface area contributed by atoms with Crippen molar-refractivity contribution in [2.75, 3.05) is 13.2 Å². The maximum absolute atomic E-state index is 8.80. The molecule has 0 heterocycles. The summed E-state index contributed by atoms with van der Waals surface area (Å²) < 4.78 is 0. The second kappa shape index (κ2) is 3.97. The highest BCUT2D eigenvalue weighted by molar-refractivity contribution is 4.98. The van der Waals surface area contributed by atoms with Crippen LogP contribution in [-0.2, 0) is 0 Å². The first kappa shape index (κ1) is 9.47. The summed E-state index contributed by atoms with van der Waals surface area (Å²) in [5.41, 5.74) is 0.634. The average Bonchev–Trinajstić information content (AvgIpc) is 2.75. The van der Waals surface area contributed by atoms with Crippen molar-refractivity contribution in [2.45, 2.75) is 51.0 Å². The van der Waals surface area contributed by atoms with Crippen molar-refractivity contribution in [3.8, 4) is 0 Å². The molecule has 76 valence electrons. The Morgan fingerprint density at radius 3 is 2.54 bits per heavy atom. The van der Waals surface area contributed by atoms with Crippen molar-refractivity contribution in [1.29, 1.82) is 0 Å². The number of aliphatic hydroxyl groups is 1. The van der Waals surface area contributed by atoms with Crippen molar-refractivity contribution in [1.82, 2.24) is 5.32 Å². The molecule has 0 aromatic heterocycles. The molecule has 2 N–H and O–H groups in total. The zero-order chi connectivity index (χ0) is 9.15. The zero-order valence-corrected chi connectivity index (χ0v) is 8.39. The molecule has 0 amide bonds. The molecule has 2 fully saturated rings. The van der Waals surface area contributed by atoms with Crippen molar-refractivity contribution >= 4 is 0 Å². The van der Waals surface area contributed by atoms with E-state index in [1.165, 1.54) is 44.9 Å². The third kappa shape index (κ3) is 1.75.